The second-order valence-corrected chi connectivity index (χ2v) is 15.6. The maximum Gasteiger partial charge on any atom is 0.0728 e. The average molecular weight is 449 g/mol. The van der Waals surface area contributed by atoms with Gasteiger partial charge in [-0.05, 0) is 36.3 Å². The van der Waals surface area contributed by atoms with Crippen molar-refractivity contribution in [2.24, 2.45) is 11.3 Å². The van der Waals surface area contributed by atoms with Gasteiger partial charge in [0.05, 0.1) is 34.5 Å². The zero-order chi connectivity index (χ0) is 23.0. The summed E-state index contributed by atoms with van der Waals surface area (Å²) in [6.45, 7) is 16.6. The van der Waals surface area contributed by atoms with E-state index in [1.807, 2.05) is 0 Å². The fourth-order valence-electron chi connectivity index (χ4n) is 5.07. The highest BCUT2D eigenvalue weighted by atomic mass is 28.3. The van der Waals surface area contributed by atoms with E-state index in [0.29, 0.717) is 19.1 Å². The summed E-state index contributed by atoms with van der Waals surface area (Å²) in [5.41, 5.74) is 4.13. The van der Waals surface area contributed by atoms with E-state index in [2.05, 4.69) is 99.9 Å². The fraction of sp³-hybridized carbons (Fsp3) is 0.448. The summed E-state index contributed by atoms with van der Waals surface area (Å²) < 4.78 is 12.6. The van der Waals surface area contributed by atoms with Crippen molar-refractivity contribution in [3.63, 3.8) is 0 Å². The molecule has 0 amide bonds. The predicted octanol–water partition coefficient (Wildman–Crippen LogP) is 7.59. The van der Waals surface area contributed by atoms with E-state index in [-0.39, 0.29) is 5.41 Å². The van der Waals surface area contributed by atoms with Gasteiger partial charge < -0.3 is 9.47 Å². The summed E-state index contributed by atoms with van der Waals surface area (Å²) >= 11 is 0. The molecule has 3 rings (SSSR count). The minimum Gasteiger partial charge on any atom is -0.376 e. The van der Waals surface area contributed by atoms with E-state index in [1.54, 1.807) is 10.8 Å². The van der Waals surface area contributed by atoms with Crippen LogP contribution in [0.4, 0.5) is 0 Å². The molecule has 32 heavy (non-hydrogen) atoms. The van der Waals surface area contributed by atoms with Crippen molar-refractivity contribution < 1.29 is 9.47 Å². The molecule has 0 heterocycles. The predicted molar refractivity (Wildman–Crippen MR) is 138 cm³/mol. The third-order valence-electron chi connectivity index (χ3n) is 6.58. The van der Waals surface area contributed by atoms with Gasteiger partial charge in [-0.2, -0.15) is 0 Å². The lowest BCUT2D eigenvalue weighted by atomic mass is 9.87. The molecule has 0 radical (unpaired) electrons. The molecule has 1 aliphatic rings. The van der Waals surface area contributed by atoms with Crippen molar-refractivity contribution in [2.75, 3.05) is 13.2 Å². The van der Waals surface area contributed by atoms with Gasteiger partial charge in [-0.3, -0.25) is 0 Å². The van der Waals surface area contributed by atoms with E-state index in [0.717, 1.165) is 32.5 Å². The van der Waals surface area contributed by atoms with Crippen LogP contribution in [0.5, 0.6) is 0 Å². The van der Waals surface area contributed by atoms with Crippen LogP contribution in [0.3, 0.4) is 0 Å². The maximum atomic E-state index is 6.32. The molecule has 2 aromatic carbocycles. The van der Waals surface area contributed by atoms with Crippen molar-refractivity contribution in [1.82, 2.24) is 0 Å². The Morgan fingerprint density at radius 2 is 1.44 bits per heavy atom. The molecular formula is C29H40O2Si. The van der Waals surface area contributed by atoms with Crippen LogP contribution >= 0.6 is 0 Å². The van der Waals surface area contributed by atoms with Gasteiger partial charge in [0.2, 0.25) is 0 Å². The molecule has 1 fully saturated rings. The van der Waals surface area contributed by atoms with Crippen LogP contribution in [0, 0.1) is 11.3 Å². The van der Waals surface area contributed by atoms with Crippen molar-refractivity contribution >= 4 is 8.07 Å². The Kier molecular flexibility index (Phi) is 8.69. The second-order valence-electron chi connectivity index (χ2n) is 10.5. The van der Waals surface area contributed by atoms with Crippen LogP contribution in [0.2, 0.25) is 19.6 Å². The first-order valence-electron chi connectivity index (χ1n) is 11.9. The van der Waals surface area contributed by atoms with Crippen molar-refractivity contribution in [1.29, 1.82) is 0 Å². The van der Waals surface area contributed by atoms with Gasteiger partial charge >= 0.3 is 0 Å². The smallest absolute Gasteiger partial charge is 0.0728 e. The number of benzene rings is 2. The number of allylic oxidation sites excluding steroid dienone is 3. The zero-order valence-electron chi connectivity index (χ0n) is 20.4. The van der Waals surface area contributed by atoms with Gasteiger partial charge in [0.1, 0.15) is 0 Å². The van der Waals surface area contributed by atoms with Crippen LogP contribution in [0.1, 0.15) is 37.3 Å². The normalized spacial score (nSPS) is 19.7. The van der Waals surface area contributed by atoms with Gasteiger partial charge in [-0.1, -0.05) is 104 Å². The average Bonchev–Trinajstić information content (AvgIpc) is 3.08. The summed E-state index contributed by atoms with van der Waals surface area (Å²) in [7, 11) is -1.42. The van der Waals surface area contributed by atoms with Gasteiger partial charge in [-0.25, -0.2) is 0 Å². The Bertz CT molecular complexity index is 835. The monoisotopic (exact) mass is 448 g/mol. The Labute approximate surface area is 196 Å². The van der Waals surface area contributed by atoms with Crippen LogP contribution < -0.4 is 0 Å². The minimum absolute atomic E-state index is 0.0321. The lowest BCUT2D eigenvalue weighted by Crippen LogP contribution is -2.30. The molecule has 0 spiro atoms. The van der Waals surface area contributed by atoms with Gasteiger partial charge in [0.25, 0.3) is 0 Å². The molecule has 0 saturated heterocycles. The van der Waals surface area contributed by atoms with Crippen molar-refractivity contribution in [2.45, 2.75) is 59.0 Å². The topological polar surface area (TPSA) is 18.5 Å². The van der Waals surface area contributed by atoms with E-state index in [9.17, 15) is 0 Å². The molecule has 0 bridgehead atoms. The first-order valence-corrected chi connectivity index (χ1v) is 15.4. The highest BCUT2D eigenvalue weighted by molar-refractivity contribution is 6.83. The number of rotatable bonds is 11. The quantitative estimate of drug-likeness (QED) is 0.260. The summed E-state index contributed by atoms with van der Waals surface area (Å²) in [6, 6.07) is 20.9. The first-order chi connectivity index (χ1) is 15.3. The van der Waals surface area contributed by atoms with Crippen LogP contribution in [-0.2, 0) is 22.7 Å². The lowest BCUT2D eigenvalue weighted by Gasteiger charge is -2.29. The molecule has 2 nitrogen and oxygen atoms in total. The molecular weight excluding hydrogens is 408 g/mol. The van der Waals surface area contributed by atoms with Gasteiger partial charge in [-0.15, -0.1) is 6.58 Å². The van der Waals surface area contributed by atoms with Gasteiger partial charge in [0, 0.05) is 5.41 Å². The van der Waals surface area contributed by atoms with Crippen LogP contribution in [-0.4, -0.2) is 21.3 Å². The van der Waals surface area contributed by atoms with Crippen molar-refractivity contribution in [3.05, 3.63) is 95.2 Å². The number of ether oxygens (including phenoxy) is 2. The van der Waals surface area contributed by atoms with E-state index in [1.165, 1.54) is 11.1 Å². The first kappa shape index (κ1) is 24.7. The second kappa shape index (κ2) is 11.3. The summed E-state index contributed by atoms with van der Waals surface area (Å²) in [6.07, 6.45) is 5.30. The largest absolute Gasteiger partial charge is 0.376 e. The molecule has 0 aliphatic heterocycles. The standard InChI is InChI=1S/C29H40O2Si/c1-6-13-28(32(3,4)5)27-19-29(18-24(27)2,22-30-20-25-14-9-7-10-15-25)23-31-21-26-16-11-8-12-17-26/h6-12,14-17,24H,1,13,18-23H2,2-5H3/b28-27+. The van der Waals surface area contributed by atoms with Crippen molar-refractivity contribution in [3.8, 4) is 0 Å². The molecule has 0 N–H and O–H groups in total. The Morgan fingerprint density at radius 3 is 1.88 bits per heavy atom. The minimum atomic E-state index is -1.42. The Hall–Kier alpha value is -1.94. The van der Waals surface area contributed by atoms with E-state index >= 15 is 0 Å². The van der Waals surface area contributed by atoms with E-state index in [4.69, 9.17) is 9.47 Å². The van der Waals surface area contributed by atoms with E-state index < -0.39 is 8.07 Å². The molecule has 2 aromatic rings. The highest BCUT2D eigenvalue weighted by Crippen LogP contribution is 2.49. The SMILES string of the molecule is C=CC/C(=C1/CC(COCc2ccccc2)(COCc2ccccc2)CC1C)[Si](C)(C)C. The lowest BCUT2D eigenvalue weighted by molar-refractivity contribution is -0.0304. The molecule has 1 unspecified atom stereocenters. The summed E-state index contributed by atoms with van der Waals surface area (Å²) in [4.78, 5) is 0. The summed E-state index contributed by atoms with van der Waals surface area (Å²) in [5.74, 6) is 0.567. The fourth-order valence-corrected chi connectivity index (χ4v) is 7.13. The van der Waals surface area contributed by atoms with Crippen LogP contribution in [0.15, 0.2) is 84.1 Å². The third kappa shape index (κ3) is 6.78. The van der Waals surface area contributed by atoms with Gasteiger partial charge in [0.15, 0.2) is 0 Å². The highest BCUT2D eigenvalue weighted by Gasteiger charge is 2.43. The molecule has 1 saturated carbocycles. The zero-order valence-corrected chi connectivity index (χ0v) is 21.4. The molecule has 1 atom stereocenters. The third-order valence-corrected chi connectivity index (χ3v) is 8.92. The molecule has 0 aromatic heterocycles. The number of hydrogen-bond acceptors (Lipinski definition) is 2. The molecule has 3 heteroatoms. The maximum absolute atomic E-state index is 6.32. The molecule has 172 valence electrons. The number of hydrogen-bond donors (Lipinski definition) is 0. The Morgan fingerprint density at radius 1 is 0.938 bits per heavy atom. The molecule has 1 aliphatic carbocycles. The van der Waals surface area contributed by atoms with Crippen LogP contribution in [0.25, 0.3) is 0 Å². The summed E-state index contributed by atoms with van der Waals surface area (Å²) in [5, 5.41) is 1.67. The Balaban J connectivity index is 1.77.